The zero-order chi connectivity index (χ0) is 10.2. The molecule has 74 valence electrons. The molecule has 0 amide bonds. The van der Waals surface area contributed by atoms with E-state index in [-0.39, 0.29) is 0 Å². The van der Waals surface area contributed by atoms with Crippen LogP contribution < -0.4 is 0 Å². The van der Waals surface area contributed by atoms with Gasteiger partial charge in [-0.15, -0.1) is 0 Å². The fourth-order valence-corrected chi connectivity index (χ4v) is 0.839. The van der Waals surface area contributed by atoms with Crippen LogP contribution in [0.15, 0.2) is 0 Å². The van der Waals surface area contributed by atoms with Crippen molar-refractivity contribution >= 4 is 11.9 Å². The van der Waals surface area contributed by atoms with Crippen LogP contribution in [0.3, 0.4) is 0 Å². The van der Waals surface area contributed by atoms with E-state index in [1.54, 1.807) is 20.8 Å². The Morgan fingerprint density at radius 3 is 2.15 bits per heavy atom. The maximum Gasteiger partial charge on any atom is 0.339 e. The van der Waals surface area contributed by atoms with Gasteiger partial charge in [0.15, 0.2) is 12.2 Å². The molecule has 0 bridgehead atoms. The summed E-state index contributed by atoms with van der Waals surface area (Å²) in [5.74, 6) is -1.74. The summed E-state index contributed by atoms with van der Waals surface area (Å²) >= 11 is 0. The topological polar surface area (TPSA) is 76.1 Å². The van der Waals surface area contributed by atoms with Crippen molar-refractivity contribution in [3.63, 3.8) is 0 Å². The van der Waals surface area contributed by atoms with Gasteiger partial charge in [0.05, 0.1) is 0 Å². The minimum absolute atomic E-state index is 0.605. The summed E-state index contributed by atoms with van der Waals surface area (Å²) in [6, 6.07) is 0. The highest BCUT2D eigenvalue weighted by atomic mass is 16.7. The molecule has 1 N–H and O–H groups in total. The fraction of sp³-hybridized carbons (Fsp3) is 0.750. The monoisotopic (exact) mass is 188 g/mol. The Labute approximate surface area is 75.6 Å². The van der Waals surface area contributed by atoms with Gasteiger partial charge in [0.2, 0.25) is 0 Å². The standard InChI is InChI=1S/C8H12O5/c1-8(2,3)13-7(11)5-4(12-5)6(9)10/h4-5H,1-3H3,(H,9,10). The lowest BCUT2D eigenvalue weighted by Gasteiger charge is -2.18. The van der Waals surface area contributed by atoms with Crippen molar-refractivity contribution in [2.45, 2.75) is 38.6 Å². The van der Waals surface area contributed by atoms with Crippen LogP contribution in [0.25, 0.3) is 0 Å². The molecule has 1 fully saturated rings. The molecule has 0 spiro atoms. The molecule has 2 unspecified atom stereocenters. The van der Waals surface area contributed by atoms with E-state index in [0.29, 0.717) is 0 Å². The van der Waals surface area contributed by atoms with Gasteiger partial charge < -0.3 is 14.6 Å². The third-order valence-corrected chi connectivity index (χ3v) is 1.37. The van der Waals surface area contributed by atoms with E-state index in [1.165, 1.54) is 0 Å². The molecule has 13 heavy (non-hydrogen) atoms. The molecule has 5 nitrogen and oxygen atoms in total. The van der Waals surface area contributed by atoms with Crippen LogP contribution in [-0.2, 0) is 19.1 Å². The van der Waals surface area contributed by atoms with Gasteiger partial charge in [-0.05, 0) is 20.8 Å². The summed E-state index contributed by atoms with van der Waals surface area (Å²) in [7, 11) is 0. The van der Waals surface area contributed by atoms with E-state index in [1.807, 2.05) is 0 Å². The van der Waals surface area contributed by atoms with E-state index < -0.39 is 29.7 Å². The van der Waals surface area contributed by atoms with E-state index in [0.717, 1.165) is 0 Å². The predicted octanol–water partition coefficient (Wildman–Crippen LogP) is 0.180. The van der Waals surface area contributed by atoms with Crippen molar-refractivity contribution in [2.24, 2.45) is 0 Å². The average Bonchev–Trinajstić information content (AvgIpc) is 2.58. The maximum atomic E-state index is 11.1. The van der Waals surface area contributed by atoms with Crippen molar-refractivity contribution in [3.05, 3.63) is 0 Å². The van der Waals surface area contributed by atoms with Crippen molar-refractivity contribution in [1.82, 2.24) is 0 Å². The first-order valence-corrected chi connectivity index (χ1v) is 3.92. The third-order valence-electron chi connectivity index (χ3n) is 1.37. The van der Waals surface area contributed by atoms with Crippen molar-refractivity contribution in [1.29, 1.82) is 0 Å². The highest BCUT2D eigenvalue weighted by molar-refractivity contribution is 5.89. The molecule has 1 aliphatic heterocycles. The highest BCUT2D eigenvalue weighted by Gasteiger charge is 2.52. The van der Waals surface area contributed by atoms with Gasteiger partial charge >= 0.3 is 11.9 Å². The maximum absolute atomic E-state index is 11.1. The number of carboxylic acid groups (broad SMARTS) is 1. The second-order valence-electron chi connectivity index (χ2n) is 3.85. The lowest BCUT2D eigenvalue weighted by atomic mass is 10.2. The Morgan fingerprint density at radius 2 is 1.85 bits per heavy atom. The second kappa shape index (κ2) is 2.99. The number of carboxylic acids is 1. The zero-order valence-electron chi connectivity index (χ0n) is 7.73. The van der Waals surface area contributed by atoms with Crippen LogP contribution in [0, 0.1) is 0 Å². The number of hydrogen-bond acceptors (Lipinski definition) is 4. The first kappa shape index (κ1) is 9.98. The summed E-state index contributed by atoms with van der Waals surface area (Å²) in [6.07, 6.45) is -1.94. The van der Waals surface area contributed by atoms with Crippen LogP contribution in [0.5, 0.6) is 0 Å². The number of esters is 1. The molecule has 0 radical (unpaired) electrons. The molecule has 5 heteroatoms. The van der Waals surface area contributed by atoms with E-state index in [2.05, 4.69) is 4.74 Å². The van der Waals surface area contributed by atoms with E-state index in [9.17, 15) is 9.59 Å². The SMILES string of the molecule is CC(C)(C)OC(=O)C1OC1C(=O)O. The van der Waals surface area contributed by atoms with Gasteiger partial charge in [0, 0.05) is 0 Å². The smallest absolute Gasteiger partial charge is 0.339 e. The first-order chi connectivity index (χ1) is 5.81. The molecule has 2 atom stereocenters. The summed E-state index contributed by atoms with van der Waals surface area (Å²) in [6.45, 7) is 5.13. The summed E-state index contributed by atoms with van der Waals surface area (Å²) in [4.78, 5) is 21.4. The summed E-state index contributed by atoms with van der Waals surface area (Å²) in [5, 5.41) is 8.44. The average molecular weight is 188 g/mol. The van der Waals surface area contributed by atoms with Crippen molar-refractivity contribution in [3.8, 4) is 0 Å². The predicted molar refractivity (Wildman–Crippen MR) is 42.1 cm³/mol. The minimum Gasteiger partial charge on any atom is -0.479 e. The normalized spacial score (nSPS) is 26.7. The molecule has 0 saturated carbocycles. The number of hydrogen-bond donors (Lipinski definition) is 1. The Balaban J connectivity index is 2.40. The zero-order valence-corrected chi connectivity index (χ0v) is 7.73. The van der Waals surface area contributed by atoms with Crippen LogP contribution in [0.1, 0.15) is 20.8 Å². The number of aliphatic carboxylic acids is 1. The Bertz CT molecular complexity index is 239. The lowest BCUT2D eigenvalue weighted by Crippen LogP contribution is -2.28. The molecule has 1 saturated heterocycles. The fourth-order valence-electron chi connectivity index (χ4n) is 0.839. The van der Waals surface area contributed by atoms with Crippen LogP contribution in [0.2, 0.25) is 0 Å². The molecular weight excluding hydrogens is 176 g/mol. The van der Waals surface area contributed by atoms with Gasteiger partial charge in [-0.25, -0.2) is 9.59 Å². The van der Waals surface area contributed by atoms with Crippen LogP contribution in [0.4, 0.5) is 0 Å². The van der Waals surface area contributed by atoms with Gasteiger partial charge in [-0.3, -0.25) is 0 Å². The quantitative estimate of drug-likeness (QED) is 0.494. The number of ether oxygens (including phenoxy) is 2. The molecular formula is C8H12O5. The van der Waals surface area contributed by atoms with Gasteiger partial charge in [0.25, 0.3) is 0 Å². The van der Waals surface area contributed by atoms with Crippen molar-refractivity contribution in [2.75, 3.05) is 0 Å². The highest BCUT2D eigenvalue weighted by Crippen LogP contribution is 2.25. The number of carbonyl (C=O) groups excluding carboxylic acids is 1. The molecule has 0 aromatic rings. The lowest BCUT2D eigenvalue weighted by molar-refractivity contribution is -0.156. The summed E-state index contributed by atoms with van der Waals surface area (Å²) < 4.78 is 9.53. The largest absolute Gasteiger partial charge is 0.479 e. The summed E-state index contributed by atoms with van der Waals surface area (Å²) in [5.41, 5.74) is -0.605. The van der Waals surface area contributed by atoms with Gasteiger partial charge in [-0.2, -0.15) is 0 Å². The Morgan fingerprint density at radius 1 is 1.31 bits per heavy atom. The molecule has 0 aromatic carbocycles. The number of rotatable bonds is 2. The second-order valence-corrected chi connectivity index (χ2v) is 3.85. The van der Waals surface area contributed by atoms with Crippen LogP contribution in [-0.4, -0.2) is 34.9 Å². The molecule has 1 aliphatic rings. The Kier molecular flexibility index (Phi) is 2.30. The van der Waals surface area contributed by atoms with Gasteiger partial charge in [-0.1, -0.05) is 0 Å². The molecule has 0 aromatic heterocycles. The molecule has 0 aliphatic carbocycles. The van der Waals surface area contributed by atoms with Crippen molar-refractivity contribution < 1.29 is 24.2 Å². The first-order valence-electron chi connectivity index (χ1n) is 3.92. The van der Waals surface area contributed by atoms with Crippen LogP contribution >= 0.6 is 0 Å². The molecule has 1 heterocycles. The minimum atomic E-state index is -1.13. The Hall–Kier alpha value is -1.10. The molecule has 1 rings (SSSR count). The van der Waals surface area contributed by atoms with Gasteiger partial charge in [0.1, 0.15) is 5.60 Å². The van der Waals surface area contributed by atoms with E-state index in [4.69, 9.17) is 9.84 Å². The third kappa shape index (κ3) is 2.69. The number of carbonyl (C=O) groups is 2. The number of epoxide rings is 1. The van der Waals surface area contributed by atoms with E-state index >= 15 is 0 Å².